The van der Waals surface area contributed by atoms with E-state index in [0.717, 1.165) is 36.7 Å². The van der Waals surface area contributed by atoms with Crippen LogP contribution in [-0.4, -0.2) is 37.5 Å². The first-order valence-corrected chi connectivity index (χ1v) is 21.7. The zero-order chi connectivity index (χ0) is 32.7. The monoisotopic (exact) mass is 762 g/mol. The molecule has 0 radical (unpaired) electrons. The number of hydrogen-bond acceptors (Lipinski definition) is 3. The van der Waals surface area contributed by atoms with E-state index in [-0.39, 0.29) is 0 Å². The molecule has 2 atom stereocenters. The molecule has 0 aromatic carbocycles. The molecule has 0 heterocycles. The number of hydrogen-bond donors (Lipinski definition) is 0. The van der Waals surface area contributed by atoms with Crippen LogP contribution in [0.4, 0.5) is 0 Å². The fourth-order valence-corrected chi connectivity index (χ4v) is 6.58. The van der Waals surface area contributed by atoms with Crippen LogP contribution in [-0.2, 0) is 14.2 Å². The van der Waals surface area contributed by atoms with Gasteiger partial charge in [0.05, 0.1) is 0 Å². The van der Waals surface area contributed by atoms with Crippen molar-refractivity contribution in [2.45, 2.75) is 181 Å². The number of halogens is 2. The highest BCUT2D eigenvalue weighted by Gasteiger charge is 2.07. The summed E-state index contributed by atoms with van der Waals surface area (Å²) in [6, 6.07) is 0. The van der Waals surface area contributed by atoms with Crippen LogP contribution < -0.4 is 0 Å². The molecule has 0 aromatic heterocycles. The molecule has 0 fully saturated rings. The summed E-state index contributed by atoms with van der Waals surface area (Å²) >= 11 is 7.06. The Balaban J connectivity index is 4.12. The fraction of sp³-hybridized carbons (Fsp3) is 0.900. The summed E-state index contributed by atoms with van der Waals surface area (Å²) in [7, 11) is 0. The molecule has 0 rings (SSSR count). The maximum Gasteiger partial charge on any atom is 0.149 e. The summed E-state index contributed by atoms with van der Waals surface area (Å²) in [4.78, 5) is 0. The molecule has 268 valence electrons. The SMILES string of the molecule is CCCCCCC(C=CCCCCCCCCBr)CCOCOCOCCC(C=CCCCCCCCCBr)CCCCCC. The smallest absolute Gasteiger partial charge is 0.149 e. The molecule has 0 aliphatic heterocycles. The van der Waals surface area contributed by atoms with Gasteiger partial charge in [0.1, 0.15) is 13.6 Å². The molecule has 0 amide bonds. The predicted molar refractivity (Wildman–Crippen MR) is 207 cm³/mol. The van der Waals surface area contributed by atoms with Gasteiger partial charge in [-0.05, 0) is 76.0 Å². The van der Waals surface area contributed by atoms with Crippen LogP contribution in [0.25, 0.3) is 0 Å². The number of rotatable bonds is 38. The average Bonchev–Trinajstić information content (AvgIpc) is 3.05. The van der Waals surface area contributed by atoms with Crippen molar-refractivity contribution in [2.75, 3.05) is 37.5 Å². The van der Waals surface area contributed by atoms with E-state index >= 15 is 0 Å². The molecule has 0 spiro atoms. The quantitative estimate of drug-likeness (QED) is 0.0271. The first kappa shape index (κ1) is 45.3. The molecule has 5 heteroatoms. The first-order valence-electron chi connectivity index (χ1n) is 19.5. The minimum atomic E-state index is 0.331. The third kappa shape index (κ3) is 37.0. The van der Waals surface area contributed by atoms with Crippen LogP contribution in [0.3, 0.4) is 0 Å². The third-order valence-electron chi connectivity index (χ3n) is 8.78. The molecule has 0 saturated carbocycles. The molecule has 2 unspecified atom stereocenters. The number of ether oxygens (including phenoxy) is 3. The summed E-state index contributed by atoms with van der Waals surface area (Å²) in [5.74, 6) is 1.26. The predicted octanol–water partition coefficient (Wildman–Crippen LogP) is 14.3. The normalized spacial score (nSPS) is 13.4. The fourth-order valence-electron chi connectivity index (χ4n) is 5.78. The Morgan fingerprint density at radius 3 is 1.20 bits per heavy atom. The van der Waals surface area contributed by atoms with E-state index in [9.17, 15) is 0 Å². The molecule has 0 N–H and O–H groups in total. The highest BCUT2D eigenvalue weighted by atomic mass is 79.9. The van der Waals surface area contributed by atoms with Gasteiger partial charge in [-0.1, -0.05) is 173 Å². The topological polar surface area (TPSA) is 27.7 Å². The highest BCUT2D eigenvalue weighted by molar-refractivity contribution is 9.09. The van der Waals surface area contributed by atoms with Crippen molar-refractivity contribution < 1.29 is 14.2 Å². The summed E-state index contributed by atoms with van der Waals surface area (Å²) < 4.78 is 17.4. The van der Waals surface area contributed by atoms with Crippen LogP contribution in [0.1, 0.15) is 181 Å². The van der Waals surface area contributed by atoms with Gasteiger partial charge in [-0.2, -0.15) is 0 Å². The van der Waals surface area contributed by atoms with Crippen molar-refractivity contribution in [2.24, 2.45) is 11.8 Å². The number of allylic oxidation sites excluding steroid dienone is 4. The van der Waals surface area contributed by atoms with Gasteiger partial charge in [0.2, 0.25) is 0 Å². The van der Waals surface area contributed by atoms with E-state index < -0.39 is 0 Å². The molecule has 0 aromatic rings. The Hall–Kier alpha value is 0.320. The Kier molecular flexibility index (Phi) is 40.8. The lowest BCUT2D eigenvalue weighted by molar-refractivity contribution is -0.133. The van der Waals surface area contributed by atoms with Crippen molar-refractivity contribution in [3.05, 3.63) is 24.3 Å². The first-order chi connectivity index (χ1) is 22.3. The largest absolute Gasteiger partial charge is 0.355 e. The molecule has 0 aliphatic rings. The summed E-state index contributed by atoms with van der Waals surface area (Å²) in [6.07, 6.45) is 43.9. The number of unbranched alkanes of at least 4 members (excludes halogenated alkanes) is 18. The lowest BCUT2D eigenvalue weighted by atomic mass is 9.96. The van der Waals surface area contributed by atoms with E-state index in [4.69, 9.17) is 14.2 Å². The molecule has 45 heavy (non-hydrogen) atoms. The number of alkyl halides is 2. The van der Waals surface area contributed by atoms with Crippen LogP contribution in [0.2, 0.25) is 0 Å². The van der Waals surface area contributed by atoms with E-state index in [0.29, 0.717) is 25.4 Å². The van der Waals surface area contributed by atoms with Gasteiger partial charge >= 0.3 is 0 Å². The van der Waals surface area contributed by atoms with Crippen molar-refractivity contribution in [3.8, 4) is 0 Å². The van der Waals surface area contributed by atoms with Crippen LogP contribution in [0.5, 0.6) is 0 Å². The minimum Gasteiger partial charge on any atom is -0.355 e. The maximum absolute atomic E-state index is 5.85. The highest BCUT2D eigenvalue weighted by Crippen LogP contribution is 2.19. The van der Waals surface area contributed by atoms with Gasteiger partial charge in [-0.3, -0.25) is 0 Å². The third-order valence-corrected chi connectivity index (χ3v) is 9.90. The Labute approximate surface area is 299 Å². The summed E-state index contributed by atoms with van der Waals surface area (Å²) in [6.45, 7) is 6.76. The summed E-state index contributed by atoms with van der Waals surface area (Å²) in [5, 5.41) is 2.30. The molecular formula is C40H76Br2O3. The van der Waals surface area contributed by atoms with Gasteiger partial charge in [0.15, 0.2) is 0 Å². The lowest BCUT2D eigenvalue weighted by Gasteiger charge is -2.14. The zero-order valence-corrected chi connectivity index (χ0v) is 33.2. The van der Waals surface area contributed by atoms with Crippen LogP contribution in [0.15, 0.2) is 24.3 Å². The van der Waals surface area contributed by atoms with E-state index in [1.807, 2.05) is 0 Å². The minimum absolute atomic E-state index is 0.331. The second-order valence-corrected chi connectivity index (χ2v) is 14.7. The van der Waals surface area contributed by atoms with Crippen molar-refractivity contribution >= 4 is 31.9 Å². The summed E-state index contributed by atoms with van der Waals surface area (Å²) in [5.41, 5.74) is 0. The molecule has 0 bridgehead atoms. The Morgan fingerprint density at radius 1 is 0.422 bits per heavy atom. The van der Waals surface area contributed by atoms with Gasteiger partial charge < -0.3 is 14.2 Å². The molecular weight excluding hydrogens is 688 g/mol. The van der Waals surface area contributed by atoms with Crippen LogP contribution >= 0.6 is 31.9 Å². The second kappa shape index (κ2) is 40.5. The van der Waals surface area contributed by atoms with Crippen molar-refractivity contribution in [1.82, 2.24) is 0 Å². The molecule has 0 saturated heterocycles. The zero-order valence-electron chi connectivity index (χ0n) is 30.1. The van der Waals surface area contributed by atoms with Gasteiger partial charge in [0, 0.05) is 23.9 Å². The van der Waals surface area contributed by atoms with E-state index in [1.54, 1.807) is 0 Å². The maximum atomic E-state index is 5.85. The lowest BCUT2D eigenvalue weighted by Crippen LogP contribution is -2.10. The van der Waals surface area contributed by atoms with Gasteiger partial charge in [-0.25, -0.2) is 0 Å². The Morgan fingerprint density at radius 2 is 0.800 bits per heavy atom. The van der Waals surface area contributed by atoms with E-state index in [2.05, 4.69) is 70.0 Å². The standard InChI is InChI=1S/C40H76Br2O3/c1-3-5-7-21-27-39(29-23-17-13-9-11-15-19-25-33-41)31-35-43-37-45-38-44-36-32-40(28-22-8-6-4-2)30-24-18-14-10-12-16-20-26-34-42/h23-24,29-30,39-40H,3-22,25-28,31-38H2,1-2H3. The molecule has 3 nitrogen and oxygen atoms in total. The van der Waals surface area contributed by atoms with Crippen LogP contribution in [0, 0.1) is 11.8 Å². The average molecular weight is 765 g/mol. The van der Waals surface area contributed by atoms with Crippen molar-refractivity contribution in [3.63, 3.8) is 0 Å². The second-order valence-electron chi connectivity index (χ2n) is 13.1. The van der Waals surface area contributed by atoms with Gasteiger partial charge in [-0.15, -0.1) is 0 Å². The molecule has 0 aliphatic carbocycles. The van der Waals surface area contributed by atoms with Gasteiger partial charge in [0.25, 0.3) is 0 Å². The Bertz CT molecular complexity index is 548. The van der Waals surface area contributed by atoms with Crippen molar-refractivity contribution in [1.29, 1.82) is 0 Å². The van der Waals surface area contributed by atoms with E-state index in [1.165, 1.54) is 154 Å².